The number of halogens is 12. The molecule has 0 N–H and O–H groups in total. The molecule has 0 radical (unpaired) electrons. The van der Waals surface area contributed by atoms with Crippen molar-refractivity contribution in [1.82, 2.24) is 0 Å². The maximum atomic E-state index is 10.3. The first-order valence-electron chi connectivity index (χ1n) is 15.7. The number of aromatic carboxylic acids is 4. The summed E-state index contributed by atoms with van der Waals surface area (Å²) in [5.41, 5.74) is -0.354. The molecule has 2 aliphatic heterocycles. The Morgan fingerprint density at radius 1 is 0.333 bits per heavy atom. The van der Waals surface area contributed by atoms with Crippen molar-refractivity contribution < 1.29 is 88.0 Å². The van der Waals surface area contributed by atoms with E-state index < -0.39 is 23.9 Å². The van der Waals surface area contributed by atoms with Crippen LogP contribution >= 0.6 is 139 Å². The molecule has 0 saturated carbocycles. The second-order valence-corrected chi connectivity index (χ2v) is 15.6. The number of rotatable bonds is 4. The summed E-state index contributed by atoms with van der Waals surface area (Å²) in [6.07, 6.45) is 5.11. The molecule has 4 aromatic rings. The molecule has 0 bridgehead atoms. The number of carboxylic acids is 4. The molecule has 4 aromatic carbocycles. The summed E-state index contributed by atoms with van der Waals surface area (Å²) >= 11 is 66.8. The Labute approximate surface area is 429 Å². The first-order valence-corrected chi connectivity index (χ1v) is 20.2. The van der Waals surface area contributed by atoms with Gasteiger partial charge in [0.05, 0.1) is 84.1 Å². The van der Waals surface area contributed by atoms with Gasteiger partial charge in [-0.2, -0.15) is 0 Å². The van der Waals surface area contributed by atoms with E-state index in [9.17, 15) is 39.6 Å². The minimum atomic E-state index is -1.34. The van der Waals surface area contributed by atoms with Crippen LogP contribution < -0.4 is 20.4 Å². The minimum Gasteiger partial charge on any atom is -0.545 e. The van der Waals surface area contributed by atoms with E-state index in [1.54, 1.807) is 0 Å². The van der Waals surface area contributed by atoms with Gasteiger partial charge in [0.25, 0.3) is 0 Å². The minimum absolute atomic E-state index is 0. The van der Waals surface area contributed by atoms with Gasteiger partial charge in [-0.15, -0.1) is 0 Å². The van der Waals surface area contributed by atoms with Gasteiger partial charge in [0.15, 0.2) is 0 Å². The smallest absolute Gasteiger partial charge is 0.545 e. The molecule has 328 valence electrons. The number of hydrogen-bond acceptors (Lipinski definition) is 10. The van der Waals surface area contributed by atoms with Crippen LogP contribution in [0.15, 0.2) is 48.5 Å². The van der Waals surface area contributed by atoms with Gasteiger partial charge >= 0.3 is 39.0 Å². The molecule has 10 nitrogen and oxygen atoms in total. The van der Waals surface area contributed by atoms with Crippen LogP contribution in [0.25, 0.3) is 0 Å². The number of benzene rings is 4. The zero-order valence-electron chi connectivity index (χ0n) is 29.6. The number of carboxylic acid groups (broad SMARTS) is 4. The Morgan fingerprint density at radius 3 is 0.550 bits per heavy atom. The van der Waals surface area contributed by atoms with E-state index in [4.69, 9.17) is 149 Å². The molecule has 0 unspecified atom stereocenters. The first kappa shape index (κ1) is 61.5. The van der Waals surface area contributed by atoms with Crippen molar-refractivity contribution in [1.29, 1.82) is 0 Å². The van der Waals surface area contributed by atoms with Crippen molar-refractivity contribution in [2.24, 2.45) is 0 Å². The summed E-state index contributed by atoms with van der Waals surface area (Å²) in [6.45, 7) is 4.00. The predicted octanol–water partition coefficient (Wildman–Crippen LogP) is 9.63. The van der Waals surface area contributed by atoms with E-state index >= 15 is 0 Å². The monoisotopic (exact) mass is 1240 g/mol. The zero-order valence-corrected chi connectivity index (χ0v) is 42.1. The van der Waals surface area contributed by atoms with Gasteiger partial charge in [0.2, 0.25) is 0 Å². The third-order valence-corrected chi connectivity index (χ3v) is 11.3. The number of ether oxygens (including phenoxy) is 2. The molecular formula is C36H24Cl12O10Ru2. The fourth-order valence-corrected chi connectivity index (χ4v) is 6.10. The molecule has 60 heavy (non-hydrogen) atoms. The van der Waals surface area contributed by atoms with Crippen LogP contribution in [0.3, 0.4) is 0 Å². The fraction of sp³-hybridized carbons (Fsp3) is 0.222. The molecule has 2 aliphatic rings. The van der Waals surface area contributed by atoms with Gasteiger partial charge < -0.3 is 49.1 Å². The number of carbonyl (C=O) groups is 4. The van der Waals surface area contributed by atoms with Crippen LogP contribution in [0, 0.1) is 0 Å². The van der Waals surface area contributed by atoms with Crippen LogP contribution in [-0.2, 0) is 48.4 Å². The molecule has 0 atom stereocenters. The van der Waals surface area contributed by atoms with E-state index in [1.807, 2.05) is 0 Å². The Balaban J connectivity index is 0. The van der Waals surface area contributed by atoms with Crippen molar-refractivity contribution in [2.75, 3.05) is 26.4 Å². The summed E-state index contributed by atoms with van der Waals surface area (Å²) in [5.74, 6) is -5.35. The number of carbonyl (C=O) groups excluding carboxylic acids is 4. The normalized spacial score (nSPS) is 11.9. The molecule has 6 rings (SSSR count). The molecule has 2 saturated heterocycles. The van der Waals surface area contributed by atoms with E-state index in [0.717, 1.165) is 26.4 Å². The molecule has 24 heteroatoms. The summed E-state index contributed by atoms with van der Waals surface area (Å²) < 4.78 is 9.89. The van der Waals surface area contributed by atoms with Gasteiger partial charge in [-0.05, 0) is 74.2 Å². The molecule has 0 aliphatic carbocycles. The van der Waals surface area contributed by atoms with E-state index in [-0.39, 0.29) is 121 Å². The van der Waals surface area contributed by atoms with E-state index in [2.05, 4.69) is 0 Å². The molecular weight excluding hydrogens is 1220 g/mol. The summed E-state index contributed by atoms with van der Waals surface area (Å²) in [6, 6.07) is 9.48. The predicted molar refractivity (Wildman–Crippen MR) is 223 cm³/mol. The largest absolute Gasteiger partial charge is 2.00 e. The Morgan fingerprint density at radius 2 is 0.467 bits per heavy atom. The third kappa shape index (κ3) is 22.8. The maximum absolute atomic E-state index is 10.3. The maximum Gasteiger partial charge on any atom is 2.00 e. The second-order valence-electron chi connectivity index (χ2n) is 10.8. The van der Waals surface area contributed by atoms with Crippen LogP contribution in [0.1, 0.15) is 67.1 Å². The van der Waals surface area contributed by atoms with Crippen molar-refractivity contribution in [2.45, 2.75) is 25.7 Å². The fourth-order valence-electron chi connectivity index (χ4n) is 3.71. The Kier molecular flexibility index (Phi) is 32.9. The summed E-state index contributed by atoms with van der Waals surface area (Å²) in [7, 11) is 0. The SMILES string of the molecule is C1CCOC1.C1CCOC1.O=C([O-])c1cc(Cl)c(Cl)c(Cl)c1.O=C([O-])c1cc(Cl)c(Cl)c(Cl)c1.O=C([O-])c1cc(Cl)c(Cl)c(Cl)c1.O=C([O-])c1cc(Cl)c(Cl)c(Cl)c1.[Ru+2].[Ru+2]. The van der Waals surface area contributed by atoms with Gasteiger partial charge in [-0.25, -0.2) is 0 Å². The van der Waals surface area contributed by atoms with E-state index in [1.165, 1.54) is 74.2 Å². The van der Waals surface area contributed by atoms with Crippen LogP contribution in [0.5, 0.6) is 0 Å². The molecule has 0 aromatic heterocycles. The Bertz CT molecular complexity index is 1680. The molecule has 0 amide bonds. The van der Waals surface area contributed by atoms with Crippen LogP contribution in [0.2, 0.25) is 60.3 Å². The van der Waals surface area contributed by atoms with Crippen molar-refractivity contribution in [3.8, 4) is 0 Å². The topological polar surface area (TPSA) is 179 Å². The molecule has 2 fully saturated rings. The van der Waals surface area contributed by atoms with Gasteiger partial charge in [-0.3, -0.25) is 0 Å². The van der Waals surface area contributed by atoms with Gasteiger partial charge in [0, 0.05) is 48.7 Å². The summed E-state index contributed by atoms with van der Waals surface area (Å²) in [5, 5.41) is 42.8. The molecule has 0 spiro atoms. The second kappa shape index (κ2) is 32.1. The van der Waals surface area contributed by atoms with Gasteiger partial charge in [-0.1, -0.05) is 139 Å². The van der Waals surface area contributed by atoms with Crippen molar-refractivity contribution in [3.63, 3.8) is 0 Å². The van der Waals surface area contributed by atoms with Crippen LogP contribution in [0.4, 0.5) is 0 Å². The standard InChI is InChI=1S/4C7H3Cl3O2.2C4H8O.2Ru/c4*8-4-1-3(7(11)12)2-5(9)6(4)10;2*1-2-4-5-3-1;;/h4*1-2H,(H,11,12);2*1-4H2;;/q;;;;;;2*+2/p-4. The average molecular weight is 1240 g/mol. The van der Waals surface area contributed by atoms with Crippen molar-refractivity contribution in [3.05, 3.63) is 131 Å². The summed E-state index contributed by atoms with van der Waals surface area (Å²) in [4.78, 5) is 41.4. The van der Waals surface area contributed by atoms with Crippen LogP contribution in [-0.4, -0.2) is 50.3 Å². The average Bonchev–Trinajstić information content (AvgIpc) is 3.95. The van der Waals surface area contributed by atoms with Crippen molar-refractivity contribution >= 4 is 163 Å². The third-order valence-electron chi connectivity index (χ3n) is 6.53. The number of hydrogen-bond donors (Lipinski definition) is 0. The molecule has 2 heterocycles. The van der Waals surface area contributed by atoms with Gasteiger partial charge in [0.1, 0.15) is 0 Å². The zero-order chi connectivity index (χ0) is 44.3. The van der Waals surface area contributed by atoms with E-state index in [0.29, 0.717) is 0 Å². The quantitative estimate of drug-likeness (QED) is 0.141. The Hall–Kier alpha value is -0.593. The first-order chi connectivity index (χ1) is 27.1.